The number of hydrogen-bond acceptors (Lipinski definition) is 2. The van der Waals surface area contributed by atoms with Crippen molar-refractivity contribution in [3.63, 3.8) is 0 Å². The summed E-state index contributed by atoms with van der Waals surface area (Å²) in [6, 6.07) is 7.39. The first-order valence-corrected chi connectivity index (χ1v) is 5.87. The Labute approximate surface area is 100 Å². The van der Waals surface area contributed by atoms with Crippen LogP contribution in [-0.2, 0) is 0 Å². The van der Waals surface area contributed by atoms with Crippen LogP contribution in [-0.4, -0.2) is 29.9 Å². The van der Waals surface area contributed by atoms with Crippen LogP contribution in [0.15, 0.2) is 24.3 Å². The number of likely N-dealkylation sites (tertiary alicyclic amines) is 1. The van der Waals surface area contributed by atoms with Gasteiger partial charge in [-0.25, -0.2) is 0 Å². The van der Waals surface area contributed by atoms with Gasteiger partial charge in [-0.05, 0) is 37.6 Å². The molecule has 2 N–H and O–H groups in total. The summed E-state index contributed by atoms with van der Waals surface area (Å²) < 4.78 is 0. The summed E-state index contributed by atoms with van der Waals surface area (Å²) >= 11 is 5.86. The van der Waals surface area contributed by atoms with Gasteiger partial charge in [-0.15, -0.1) is 0 Å². The Kier molecular flexibility index (Phi) is 3.46. The molecule has 1 unspecified atom stereocenters. The lowest BCUT2D eigenvalue weighted by atomic mass is 9.98. The minimum Gasteiger partial charge on any atom is -0.335 e. The van der Waals surface area contributed by atoms with E-state index in [1.165, 1.54) is 0 Å². The Morgan fingerprint density at radius 2 is 2.38 bits per heavy atom. The van der Waals surface area contributed by atoms with Crippen LogP contribution < -0.4 is 5.73 Å². The predicted molar refractivity (Wildman–Crippen MR) is 64.6 cm³/mol. The number of halogens is 1. The van der Waals surface area contributed by atoms with E-state index >= 15 is 0 Å². The van der Waals surface area contributed by atoms with Crippen LogP contribution in [0.5, 0.6) is 0 Å². The van der Waals surface area contributed by atoms with Gasteiger partial charge in [0.2, 0.25) is 0 Å². The summed E-state index contributed by atoms with van der Waals surface area (Å²) in [5.74, 6) is 0.0622. The molecule has 1 amide bonds. The monoisotopic (exact) mass is 238 g/mol. The maximum atomic E-state index is 12.1. The van der Waals surface area contributed by atoms with E-state index in [-0.39, 0.29) is 5.91 Å². The fourth-order valence-corrected chi connectivity index (χ4v) is 2.18. The molecule has 16 heavy (non-hydrogen) atoms. The second kappa shape index (κ2) is 4.85. The Morgan fingerprint density at radius 1 is 1.56 bits per heavy atom. The van der Waals surface area contributed by atoms with E-state index in [4.69, 9.17) is 17.3 Å². The Balaban J connectivity index is 2.08. The minimum atomic E-state index is 0.0622. The molecule has 0 spiro atoms. The van der Waals surface area contributed by atoms with Crippen LogP contribution >= 0.6 is 11.6 Å². The molecule has 86 valence electrons. The highest BCUT2D eigenvalue weighted by Crippen LogP contribution is 2.23. The van der Waals surface area contributed by atoms with E-state index in [0.29, 0.717) is 23.2 Å². The van der Waals surface area contributed by atoms with Crippen molar-refractivity contribution in [1.82, 2.24) is 4.90 Å². The smallest absolute Gasteiger partial charge is 0.254 e. The van der Waals surface area contributed by atoms with Gasteiger partial charge in [-0.2, -0.15) is 0 Å². The van der Waals surface area contributed by atoms with E-state index in [1.807, 2.05) is 4.90 Å². The summed E-state index contributed by atoms with van der Waals surface area (Å²) in [6.07, 6.45) is 1.94. The van der Waals surface area contributed by atoms with Crippen molar-refractivity contribution in [2.45, 2.75) is 18.9 Å². The summed E-state index contributed by atoms with van der Waals surface area (Å²) in [5, 5.41) is 0.599. The number of benzene rings is 1. The highest BCUT2D eigenvalue weighted by Gasteiger charge is 2.31. The van der Waals surface area contributed by atoms with Crippen LogP contribution in [0.1, 0.15) is 23.2 Å². The first-order valence-electron chi connectivity index (χ1n) is 5.49. The largest absolute Gasteiger partial charge is 0.335 e. The molecule has 0 aromatic heterocycles. The zero-order valence-electron chi connectivity index (χ0n) is 9.03. The highest BCUT2D eigenvalue weighted by atomic mass is 35.5. The van der Waals surface area contributed by atoms with Gasteiger partial charge < -0.3 is 10.6 Å². The molecule has 2 rings (SSSR count). The van der Waals surface area contributed by atoms with Gasteiger partial charge in [-0.3, -0.25) is 4.79 Å². The molecule has 1 saturated heterocycles. The second-order valence-corrected chi connectivity index (χ2v) is 4.47. The molecule has 0 bridgehead atoms. The first-order chi connectivity index (χ1) is 7.72. The normalized spacial score (nSPS) is 19.4. The fourth-order valence-electron chi connectivity index (χ4n) is 1.99. The third-order valence-corrected chi connectivity index (χ3v) is 3.21. The Hall–Kier alpha value is -1.06. The van der Waals surface area contributed by atoms with Crippen molar-refractivity contribution < 1.29 is 4.79 Å². The maximum absolute atomic E-state index is 12.1. The molecular weight excluding hydrogens is 224 g/mol. The Morgan fingerprint density at radius 3 is 2.94 bits per heavy atom. The lowest BCUT2D eigenvalue weighted by Gasteiger charge is -2.41. The zero-order chi connectivity index (χ0) is 11.5. The van der Waals surface area contributed by atoms with Gasteiger partial charge in [0.05, 0.1) is 0 Å². The zero-order valence-corrected chi connectivity index (χ0v) is 9.78. The van der Waals surface area contributed by atoms with Crippen molar-refractivity contribution in [2.24, 2.45) is 5.73 Å². The van der Waals surface area contributed by atoms with Gasteiger partial charge in [0, 0.05) is 23.2 Å². The summed E-state index contributed by atoms with van der Waals surface area (Å²) in [4.78, 5) is 14.0. The quantitative estimate of drug-likeness (QED) is 0.874. The molecule has 4 heteroatoms. The lowest BCUT2D eigenvalue weighted by Crippen LogP contribution is -2.51. The van der Waals surface area contributed by atoms with Crippen LogP contribution in [0.3, 0.4) is 0 Å². The van der Waals surface area contributed by atoms with Crippen molar-refractivity contribution in [1.29, 1.82) is 0 Å². The third-order valence-electron chi connectivity index (χ3n) is 2.98. The molecule has 1 aliphatic heterocycles. The van der Waals surface area contributed by atoms with Gasteiger partial charge in [-0.1, -0.05) is 17.7 Å². The number of hydrogen-bond donors (Lipinski definition) is 1. The maximum Gasteiger partial charge on any atom is 0.254 e. The Bertz CT molecular complexity index is 394. The molecule has 0 saturated carbocycles. The number of carbonyl (C=O) groups excluding carboxylic acids is 1. The van der Waals surface area contributed by atoms with Gasteiger partial charge in [0.1, 0.15) is 0 Å². The second-order valence-electron chi connectivity index (χ2n) is 4.03. The number of nitrogens with two attached hydrogens (primary N) is 1. The van der Waals surface area contributed by atoms with Crippen LogP contribution in [0.25, 0.3) is 0 Å². The first kappa shape index (κ1) is 11.4. The predicted octanol–water partition coefficient (Wildman–Crippen LogP) is 1.90. The molecule has 0 aliphatic carbocycles. The fraction of sp³-hybridized carbons (Fsp3) is 0.417. The molecule has 1 aliphatic rings. The van der Waals surface area contributed by atoms with Gasteiger partial charge in [0.25, 0.3) is 5.91 Å². The van der Waals surface area contributed by atoms with Crippen molar-refractivity contribution in [3.05, 3.63) is 34.9 Å². The molecule has 1 aromatic carbocycles. The average Bonchev–Trinajstić information content (AvgIpc) is 2.24. The van der Waals surface area contributed by atoms with E-state index in [1.54, 1.807) is 24.3 Å². The highest BCUT2D eigenvalue weighted by molar-refractivity contribution is 6.30. The summed E-state index contributed by atoms with van der Waals surface area (Å²) in [7, 11) is 0. The molecular formula is C12H15ClN2O. The molecule has 0 radical (unpaired) electrons. The summed E-state index contributed by atoms with van der Waals surface area (Å²) in [5.41, 5.74) is 6.17. The number of nitrogens with zero attached hydrogens (tertiary/aromatic N) is 1. The molecule has 1 heterocycles. The van der Waals surface area contributed by atoms with Crippen LogP contribution in [0.2, 0.25) is 5.02 Å². The molecule has 1 atom stereocenters. The molecule has 3 nitrogen and oxygen atoms in total. The van der Waals surface area contributed by atoms with Crippen molar-refractivity contribution >= 4 is 17.5 Å². The molecule has 1 fully saturated rings. The van der Waals surface area contributed by atoms with Crippen LogP contribution in [0.4, 0.5) is 0 Å². The van der Waals surface area contributed by atoms with E-state index in [0.717, 1.165) is 19.4 Å². The van der Waals surface area contributed by atoms with Crippen LogP contribution in [0, 0.1) is 0 Å². The van der Waals surface area contributed by atoms with Gasteiger partial charge >= 0.3 is 0 Å². The third kappa shape index (κ3) is 2.20. The van der Waals surface area contributed by atoms with Gasteiger partial charge in [0.15, 0.2) is 0 Å². The lowest BCUT2D eigenvalue weighted by molar-refractivity contribution is 0.0450. The molecule has 1 aromatic rings. The van der Waals surface area contributed by atoms with E-state index in [2.05, 4.69) is 0 Å². The summed E-state index contributed by atoms with van der Waals surface area (Å²) in [6.45, 7) is 1.46. The SMILES string of the molecule is NCCC1CCN1C(=O)c1cccc(Cl)c1. The minimum absolute atomic E-state index is 0.0622. The number of rotatable bonds is 3. The number of carbonyl (C=O) groups is 1. The number of amides is 1. The van der Waals surface area contributed by atoms with Crippen molar-refractivity contribution in [3.8, 4) is 0 Å². The topological polar surface area (TPSA) is 46.3 Å². The standard InChI is InChI=1S/C12H15ClN2O/c13-10-3-1-2-9(8-10)12(16)15-7-5-11(15)4-6-14/h1-3,8,11H,4-7,14H2. The van der Waals surface area contributed by atoms with E-state index < -0.39 is 0 Å². The van der Waals surface area contributed by atoms with E-state index in [9.17, 15) is 4.79 Å². The van der Waals surface area contributed by atoms with Crippen molar-refractivity contribution in [2.75, 3.05) is 13.1 Å². The average molecular weight is 239 g/mol.